The molecule has 25 heavy (non-hydrogen) atoms. The maximum absolute atomic E-state index is 11.5. The minimum atomic E-state index is 0. The molecule has 0 spiro atoms. The Morgan fingerprint density at radius 3 is 2.64 bits per heavy atom. The molecule has 1 heterocycles. The summed E-state index contributed by atoms with van der Waals surface area (Å²) in [6.07, 6.45) is 1.93. The Bertz CT molecular complexity index is 590. The number of aliphatic imine (C=N–C) groups is 1. The number of hydrogen-bond donors (Lipinski definition) is 3. The van der Waals surface area contributed by atoms with Crippen LogP contribution in [0.2, 0.25) is 0 Å². The van der Waals surface area contributed by atoms with Crippen LogP contribution in [0.3, 0.4) is 0 Å². The van der Waals surface area contributed by atoms with Gasteiger partial charge in [-0.1, -0.05) is 26.0 Å². The van der Waals surface area contributed by atoms with Crippen molar-refractivity contribution in [2.24, 2.45) is 10.9 Å². The molecule has 1 aromatic rings. The third-order valence-electron chi connectivity index (χ3n) is 3.92. The van der Waals surface area contributed by atoms with Crippen LogP contribution in [0, 0.1) is 5.92 Å². The number of fused-ring (bicyclic) bond motifs is 1. The molecule has 3 N–H and O–H groups in total. The van der Waals surface area contributed by atoms with Crippen molar-refractivity contribution >= 4 is 35.8 Å². The lowest BCUT2D eigenvalue weighted by Gasteiger charge is -2.13. The maximum Gasteiger partial charge on any atom is 0.222 e. The number of ether oxygens (including phenoxy) is 1. The molecular weight excluding hydrogens is 431 g/mol. The SMILES string of the molecule is CN=C(NCCNC(=O)C(C)C)NCCc1ccc2c(c1)CCO2.I. The van der Waals surface area contributed by atoms with Crippen LogP contribution < -0.4 is 20.7 Å². The van der Waals surface area contributed by atoms with Crippen LogP contribution in [-0.4, -0.2) is 45.2 Å². The second kappa shape index (κ2) is 11.2. The first-order valence-corrected chi connectivity index (χ1v) is 8.57. The Morgan fingerprint density at radius 1 is 1.20 bits per heavy atom. The quantitative estimate of drug-likeness (QED) is 0.251. The van der Waals surface area contributed by atoms with Crippen LogP contribution in [0.4, 0.5) is 0 Å². The van der Waals surface area contributed by atoms with Gasteiger partial charge in [-0.25, -0.2) is 0 Å². The standard InChI is InChI=1S/C18H28N4O2.HI/c1-13(2)17(23)20-9-10-22-18(19-3)21-8-6-14-4-5-16-15(12-14)7-11-24-16;/h4-5,12-13H,6-11H2,1-3H3,(H,20,23)(H2,19,21,22);1H. The molecule has 0 radical (unpaired) electrons. The molecule has 1 aliphatic rings. The van der Waals surface area contributed by atoms with E-state index in [-0.39, 0.29) is 35.8 Å². The van der Waals surface area contributed by atoms with Crippen molar-refractivity contribution in [3.63, 3.8) is 0 Å². The molecule has 0 saturated carbocycles. The number of hydrogen-bond acceptors (Lipinski definition) is 3. The molecule has 1 amide bonds. The summed E-state index contributed by atoms with van der Waals surface area (Å²) in [6.45, 7) is 6.60. The van der Waals surface area contributed by atoms with Gasteiger partial charge in [0.05, 0.1) is 6.61 Å². The predicted octanol–water partition coefficient (Wildman–Crippen LogP) is 1.72. The van der Waals surface area contributed by atoms with Crippen molar-refractivity contribution in [2.45, 2.75) is 26.7 Å². The number of amides is 1. The van der Waals surface area contributed by atoms with E-state index in [0.29, 0.717) is 13.1 Å². The summed E-state index contributed by atoms with van der Waals surface area (Å²) in [6, 6.07) is 6.40. The highest BCUT2D eigenvalue weighted by molar-refractivity contribution is 14.0. The van der Waals surface area contributed by atoms with Crippen molar-refractivity contribution in [1.29, 1.82) is 0 Å². The van der Waals surface area contributed by atoms with E-state index < -0.39 is 0 Å². The Kier molecular flexibility index (Phi) is 9.62. The molecule has 6 nitrogen and oxygen atoms in total. The van der Waals surface area contributed by atoms with Crippen molar-refractivity contribution in [3.05, 3.63) is 29.3 Å². The predicted molar refractivity (Wildman–Crippen MR) is 112 cm³/mol. The smallest absolute Gasteiger partial charge is 0.222 e. The molecule has 0 aromatic heterocycles. The van der Waals surface area contributed by atoms with E-state index in [1.807, 2.05) is 13.8 Å². The van der Waals surface area contributed by atoms with Gasteiger partial charge >= 0.3 is 0 Å². The molecule has 0 fully saturated rings. The monoisotopic (exact) mass is 460 g/mol. The zero-order chi connectivity index (χ0) is 17.4. The van der Waals surface area contributed by atoms with E-state index in [1.54, 1.807) is 7.05 Å². The number of rotatable bonds is 7. The average molecular weight is 460 g/mol. The fourth-order valence-electron chi connectivity index (χ4n) is 2.51. The van der Waals surface area contributed by atoms with Gasteiger partial charge < -0.3 is 20.7 Å². The van der Waals surface area contributed by atoms with Gasteiger partial charge in [-0.2, -0.15) is 0 Å². The Balaban J connectivity index is 0.00000312. The summed E-state index contributed by atoms with van der Waals surface area (Å²) in [5.74, 6) is 1.85. The minimum absolute atomic E-state index is 0. The summed E-state index contributed by atoms with van der Waals surface area (Å²) in [4.78, 5) is 15.7. The van der Waals surface area contributed by atoms with E-state index in [9.17, 15) is 4.79 Å². The molecule has 2 rings (SSSR count). The minimum Gasteiger partial charge on any atom is -0.493 e. The van der Waals surface area contributed by atoms with E-state index in [1.165, 1.54) is 11.1 Å². The van der Waals surface area contributed by atoms with E-state index >= 15 is 0 Å². The van der Waals surface area contributed by atoms with Crippen molar-refractivity contribution < 1.29 is 9.53 Å². The second-order valence-corrected chi connectivity index (χ2v) is 6.16. The molecule has 0 unspecified atom stereocenters. The first-order valence-electron chi connectivity index (χ1n) is 8.57. The second-order valence-electron chi connectivity index (χ2n) is 6.16. The number of nitrogens with zero attached hydrogens (tertiary/aromatic N) is 1. The van der Waals surface area contributed by atoms with Gasteiger partial charge in [0, 0.05) is 39.0 Å². The number of nitrogens with one attached hydrogen (secondary N) is 3. The van der Waals surface area contributed by atoms with Crippen LogP contribution >= 0.6 is 24.0 Å². The number of halogens is 1. The van der Waals surface area contributed by atoms with Gasteiger partial charge in [0.15, 0.2) is 5.96 Å². The summed E-state index contributed by atoms with van der Waals surface area (Å²) < 4.78 is 5.53. The largest absolute Gasteiger partial charge is 0.493 e. The van der Waals surface area contributed by atoms with Crippen LogP contribution in [-0.2, 0) is 17.6 Å². The first-order chi connectivity index (χ1) is 11.6. The van der Waals surface area contributed by atoms with Gasteiger partial charge in [0.1, 0.15) is 5.75 Å². The van der Waals surface area contributed by atoms with Crippen molar-refractivity contribution in [1.82, 2.24) is 16.0 Å². The van der Waals surface area contributed by atoms with Crippen LogP contribution in [0.25, 0.3) is 0 Å². The fourth-order valence-corrected chi connectivity index (χ4v) is 2.51. The summed E-state index contributed by atoms with van der Waals surface area (Å²) >= 11 is 0. The van der Waals surface area contributed by atoms with Crippen molar-refractivity contribution in [3.8, 4) is 5.75 Å². The fraction of sp³-hybridized carbons (Fsp3) is 0.556. The molecule has 0 atom stereocenters. The van der Waals surface area contributed by atoms with Crippen LogP contribution in [0.5, 0.6) is 5.75 Å². The zero-order valence-corrected chi connectivity index (χ0v) is 17.6. The molecular formula is C18H29IN4O2. The van der Waals surface area contributed by atoms with Gasteiger partial charge in [-0.3, -0.25) is 9.79 Å². The van der Waals surface area contributed by atoms with Crippen LogP contribution in [0.15, 0.2) is 23.2 Å². The van der Waals surface area contributed by atoms with Crippen LogP contribution in [0.1, 0.15) is 25.0 Å². The molecule has 0 aliphatic carbocycles. The molecule has 7 heteroatoms. The van der Waals surface area contributed by atoms with E-state index in [4.69, 9.17) is 4.74 Å². The van der Waals surface area contributed by atoms with Crippen molar-refractivity contribution in [2.75, 3.05) is 33.3 Å². The van der Waals surface area contributed by atoms with E-state index in [2.05, 4.69) is 39.1 Å². The highest BCUT2D eigenvalue weighted by Crippen LogP contribution is 2.25. The average Bonchev–Trinajstić information content (AvgIpc) is 3.04. The van der Waals surface area contributed by atoms with Gasteiger partial charge in [0.2, 0.25) is 5.91 Å². The van der Waals surface area contributed by atoms with Gasteiger partial charge in [-0.05, 0) is 23.6 Å². The maximum atomic E-state index is 11.5. The number of carbonyl (C=O) groups is 1. The third-order valence-corrected chi connectivity index (χ3v) is 3.92. The molecule has 140 valence electrons. The molecule has 0 saturated heterocycles. The molecule has 1 aromatic carbocycles. The first kappa shape index (κ1) is 21.5. The Morgan fingerprint density at radius 2 is 1.92 bits per heavy atom. The highest BCUT2D eigenvalue weighted by Gasteiger charge is 2.11. The Labute approximate surface area is 167 Å². The lowest BCUT2D eigenvalue weighted by atomic mass is 10.1. The highest BCUT2D eigenvalue weighted by atomic mass is 127. The number of guanidine groups is 1. The lowest BCUT2D eigenvalue weighted by Crippen LogP contribution is -2.42. The summed E-state index contributed by atoms with van der Waals surface area (Å²) in [5, 5.41) is 9.36. The van der Waals surface area contributed by atoms with E-state index in [0.717, 1.165) is 37.7 Å². The number of benzene rings is 1. The normalized spacial score (nSPS) is 12.9. The molecule has 0 bridgehead atoms. The number of carbonyl (C=O) groups excluding carboxylic acids is 1. The topological polar surface area (TPSA) is 74.8 Å². The third kappa shape index (κ3) is 7.09. The lowest BCUT2D eigenvalue weighted by molar-refractivity contribution is -0.123. The zero-order valence-electron chi connectivity index (χ0n) is 15.2. The summed E-state index contributed by atoms with van der Waals surface area (Å²) in [7, 11) is 1.74. The Hall–Kier alpha value is -1.51. The molecule has 1 aliphatic heterocycles. The van der Waals surface area contributed by atoms with Gasteiger partial charge in [0.25, 0.3) is 0 Å². The summed E-state index contributed by atoms with van der Waals surface area (Å²) in [5.41, 5.74) is 2.60. The van der Waals surface area contributed by atoms with Gasteiger partial charge in [-0.15, -0.1) is 24.0 Å².